The van der Waals surface area contributed by atoms with Gasteiger partial charge in [0.2, 0.25) is 0 Å². The predicted octanol–water partition coefficient (Wildman–Crippen LogP) is 2.96. The highest BCUT2D eigenvalue weighted by molar-refractivity contribution is 5.93. The number of hydrogen-bond donors (Lipinski definition) is 2. The Labute approximate surface area is 101 Å². The van der Waals surface area contributed by atoms with Gasteiger partial charge in [-0.3, -0.25) is 10.8 Å². The van der Waals surface area contributed by atoms with Crippen LogP contribution in [0.1, 0.15) is 5.56 Å². The molecule has 0 aliphatic carbocycles. The van der Waals surface area contributed by atoms with E-state index in [-0.39, 0.29) is 17.9 Å². The number of rotatable bonds is 1. The zero-order chi connectivity index (χ0) is 11.8. The molecule has 0 fully saturated rings. The first-order chi connectivity index (χ1) is 7.54. The second-order valence-electron chi connectivity index (χ2n) is 3.20. The van der Waals surface area contributed by atoms with Crippen molar-refractivity contribution in [3.05, 3.63) is 36.0 Å². The van der Waals surface area contributed by atoms with Crippen LogP contribution in [0.15, 0.2) is 30.5 Å². The number of nitrogen functional groups attached to an aromatic ring is 1. The molecule has 1 heterocycles. The first kappa shape index (κ1) is 13.5. The second-order valence-corrected chi connectivity index (χ2v) is 3.20. The van der Waals surface area contributed by atoms with Crippen molar-refractivity contribution in [2.24, 2.45) is 5.84 Å². The van der Waals surface area contributed by atoms with Crippen LogP contribution in [0.5, 0.6) is 0 Å². The van der Waals surface area contributed by atoms with Crippen LogP contribution in [0.25, 0.3) is 10.9 Å². The minimum absolute atomic E-state index is 0. The molecule has 17 heavy (non-hydrogen) atoms. The van der Waals surface area contributed by atoms with Crippen molar-refractivity contribution in [1.29, 1.82) is 0 Å². The fraction of sp³-hybridized carbons (Fsp3) is 0.100. The molecule has 0 spiro atoms. The molecule has 1 aromatic heterocycles. The van der Waals surface area contributed by atoms with Gasteiger partial charge in [-0.25, -0.2) is 0 Å². The van der Waals surface area contributed by atoms with Crippen molar-refractivity contribution < 1.29 is 13.2 Å². The molecule has 0 aliphatic heterocycles. The molecule has 0 saturated heterocycles. The molecule has 0 unspecified atom stereocenters. The number of nitrogens with one attached hydrogen (secondary N) is 1. The van der Waals surface area contributed by atoms with Gasteiger partial charge in [0.15, 0.2) is 0 Å². The summed E-state index contributed by atoms with van der Waals surface area (Å²) in [5.74, 6) is 5.22. The Balaban J connectivity index is 0.00000144. The summed E-state index contributed by atoms with van der Waals surface area (Å²) in [6, 6.07) is 5.37. The van der Waals surface area contributed by atoms with Gasteiger partial charge in [-0.15, -0.1) is 12.4 Å². The van der Waals surface area contributed by atoms with E-state index < -0.39 is 11.7 Å². The molecule has 2 aromatic rings. The van der Waals surface area contributed by atoms with Crippen LogP contribution in [0.4, 0.5) is 18.9 Å². The van der Waals surface area contributed by atoms with Crippen molar-refractivity contribution >= 4 is 29.0 Å². The quantitative estimate of drug-likeness (QED) is 0.614. The van der Waals surface area contributed by atoms with Crippen molar-refractivity contribution in [1.82, 2.24) is 4.98 Å². The fourth-order valence-corrected chi connectivity index (χ4v) is 1.53. The molecule has 0 radical (unpaired) electrons. The van der Waals surface area contributed by atoms with E-state index in [2.05, 4.69) is 10.4 Å². The van der Waals surface area contributed by atoms with Crippen molar-refractivity contribution in [3.8, 4) is 0 Å². The number of nitrogens with zero attached hydrogens (tertiary/aromatic N) is 1. The summed E-state index contributed by atoms with van der Waals surface area (Å²) in [4.78, 5) is 3.74. The minimum atomic E-state index is -4.42. The maximum absolute atomic E-state index is 12.7. The fourth-order valence-electron chi connectivity index (χ4n) is 1.53. The number of benzene rings is 1. The van der Waals surface area contributed by atoms with Gasteiger partial charge in [0.05, 0.1) is 16.8 Å². The smallest absolute Gasteiger partial charge is 0.323 e. The summed E-state index contributed by atoms with van der Waals surface area (Å²) in [6.07, 6.45) is -3.13. The third-order valence-corrected chi connectivity index (χ3v) is 2.23. The molecule has 3 nitrogen and oxygen atoms in total. The number of halogens is 4. The zero-order valence-electron chi connectivity index (χ0n) is 8.45. The Bertz CT molecular complexity index is 528. The van der Waals surface area contributed by atoms with Crippen LogP contribution >= 0.6 is 12.4 Å². The number of hydrazine groups is 1. The Morgan fingerprint density at radius 2 is 1.88 bits per heavy atom. The van der Waals surface area contributed by atoms with Crippen molar-refractivity contribution in [2.45, 2.75) is 6.18 Å². The lowest BCUT2D eigenvalue weighted by molar-refractivity contribution is -0.136. The highest BCUT2D eigenvalue weighted by Gasteiger charge is 2.33. The van der Waals surface area contributed by atoms with Gasteiger partial charge in [-0.05, 0) is 12.1 Å². The van der Waals surface area contributed by atoms with Gasteiger partial charge in [-0.1, -0.05) is 12.1 Å². The van der Waals surface area contributed by atoms with E-state index in [0.717, 1.165) is 6.07 Å². The molecule has 1 aromatic carbocycles. The van der Waals surface area contributed by atoms with E-state index in [1.54, 1.807) is 0 Å². The highest BCUT2D eigenvalue weighted by atomic mass is 35.5. The van der Waals surface area contributed by atoms with Gasteiger partial charge in [-0.2, -0.15) is 13.2 Å². The lowest BCUT2D eigenvalue weighted by atomic mass is 10.1. The Hall–Kier alpha value is -1.53. The number of aromatic nitrogens is 1. The average Bonchev–Trinajstić information content (AvgIpc) is 2.26. The minimum Gasteiger partial charge on any atom is -0.323 e. The molecular weight excluding hydrogens is 255 g/mol. The molecule has 7 heteroatoms. The number of alkyl halides is 3. The molecule has 0 aliphatic rings. The highest BCUT2D eigenvalue weighted by Crippen LogP contribution is 2.35. The summed E-state index contributed by atoms with van der Waals surface area (Å²) in [6.45, 7) is 0. The standard InChI is InChI=1S/C10H8F3N3.ClH/c11-10(12,13)7-3-1-2-6-8(16-14)4-5-15-9(6)7;/h1-5H,14H2,(H,15,16);1H. The van der Waals surface area contributed by atoms with E-state index in [4.69, 9.17) is 5.84 Å². The molecule has 3 N–H and O–H groups in total. The van der Waals surface area contributed by atoms with Crippen LogP contribution in [0.2, 0.25) is 0 Å². The van der Waals surface area contributed by atoms with Crippen LogP contribution < -0.4 is 11.3 Å². The van der Waals surface area contributed by atoms with Gasteiger partial charge in [0, 0.05) is 11.6 Å². The maximum atomic E-state index is 12.7. The number of fused-ring (bicyclic) bond motifs is 1. The lowest BCUT2D eigenvalue weighted by Gasteiger charge is -2.11. The van der Waals surface area contributed by atoms with Gasteiger partial charge >= 0.3 is 6.18 Å². The van der Waals surface area contributed by atoms with Gasteiger partial charge < -0.3 is 5.43 Å². The molecule has 92 valence electrons. The van der Waals surface area contributed by atoms with Gasteiger partial charge in [0.1, 0.15) is 0 Å². The van der Waals surface area contributed by atoms with Crippen LogP contribution in [-0.2, 0) is 6.18 Å². The first-order valence-electron chi connectivity index (χ1n) is 4.45. The molecule has 0 amide bonds. The third kappa shape index (κ3) is 2.42. The Morgan fingerprint density at radius 1 is 1.18 bits per heavy atom. The maximum Gasteiger partial charge on any atom is 0.418 e. The third-order valence-electron chi connectivity index (χ3n) is 2.23. The molecule has 0 saturated carbocycles. The van der Waals surface area contributed by atoms with E-state index in [1.165, 1.54) is 24.4 Å². The van der Waals surface area contributed by atoms with E-state index in [0.29, 0.717) is 11.1 Å². The first-order valence-corrected chi connectivity index (χ1v) is 4.45. The van der Waals surface area contributed by atoms with E-state index >= 15 is 0 Å². The topological polar surface area (TPSA) is 50.9 Å². The number of hydrogen-bond acceptors (Lipinski definition) is 3. The number of anilines is 1. The molecule has 0 atom stereocenters. The largest absolute Gasteiger partial charge is 0.418 e. The average molecular weight is 264 g/mol. The SMILES string of the molecule is Cl.NNc1ccnc2c(C(F)(F)F)cccc12. The summed E-state index contributed by atoms with van der Waals surface area (Å²) in [5.41, 5.74) is 1.89. The van der Waals surface area contributed by atoms with E-state index in [1.807, 2.05) is 0 Å². The second kappa shape index (κ2) is 4.77. The summed E-state index contributed by atoms with van der Waals surface area (Å²) in [5, 5.41) is 0.347. The Kier molecular flexibility index (Phi) is 3.79. The summed E-state index contributed by atoms with van der Waals surface area (Å²) in [7, 11) is 0. The van der Waals surface area contributed by atoms with Gasteiger partial charge in [0.25, 0.3) is 0 Å². The number of para-hydroxylation sites is 1. The monoisotopic (exact) mass is 263 g/mol. The normalized spacial score (nSPS) is 11.1. The van der Waals surface area contributed by atoms with Crippen molar-refractivity contribution in [2.75, 3.05) is 5.43 Å². The van der Waals surface area contributed by atoms with Crippen molar-refractivity contribution in [3.63, 3.8) is 0 Å². The molecular formula is C10H9ClF3N3. The summed E-state index contributed by atoms with van der Waals surface area (Å²) < 4.78 is 38.0. The van der Waals surface area contributed by atoms with E-state index in [9.17, 15) is 13.2 Å². The van der Waals surface area contributed by atoms with Crippen LogP contribution in [0, 0.1) is 0 Å². The molecule has 2 rings (SSSR count). The lowest BCUT2D eigenvalue weighted by Crippen LogP contribution is -2.10. The number of nitrogens with two attached hydrogens (primary N) is 1. The Morgan fingerprint density at radius 3 is 2.47 bits per heavy atom. The molecule has 0 bridgehead atoms. The zero-order valence-corrected chi connectivity index (χ0v) is 9.27. The summed E-state index contributed by atoms with van der Waals surface area (Å²) >= 11 is 0. The predicted molar refractivity (Wildman–Crippen MR) is 61.8 cm³/mol. The van der Waals surface area contributed by atoms with Crippen LogP contribution in [-0.4, -0.2) is 4.98 Å². The number of pyridine rings is 1. The van der Waals surface area contributed by atoms with Crippen LogP contribution in [0.3, 0.4) is 0 Å².